The number of aliphatic hydroxyl groups is 2. The van der Waals surface area contributed by atoms with Crippen LogP contribution in [0.1, 0.15) is 18.3 Å². The topological polar surface area (TPSA) is 112 Å². The van der Waals surface area contributed by atoms with E-state index in [-0.39, 0.29) is 34.4 Å². The van der Waals surface area contributed by atoms with Crippen LogP contribution in [0.4, 0.5) is 22.0 Å². The first-order chi connectivity index (χ1) is 18.2. The van der Waals surface area contributed by atoms with Crippen LogP contribution >= 0.6 is 0 Å². The molecule has 14 heteroatoms. The van der Waals surface area contributed by atoms with Crippen molar-refractivity contribution in [2.75, 3.05) is 6.67 Å². The number of hydrogen-bond acceptors (Lipinski definition) is 7. The molecule has 1 unspecified atom stereocenters. The SMILES string of the molecule is CCn1c(CO)nn(-c2cc(OC(CF)C(F)F)c3c(Oc4c(F)cc(CO)cc4F)nccc3c2)c1=O. The largest absolute Gasteiger partial charge is 0.481 e. The highest BCUT2D eigenvalue weighted by Gasteiger charge is 2.26. The lowest BCUT2D eigenvalue weighted by Crippen LogP contribution is -2.28. The van der Waals surface area contributed by atoms with Gasteiger partial charge in [0.15, 0.2) is 23.6 Å². The lowest BCUT2D eigenvalue weighted by molar-refractivity contribution is -0.000432. The molecule has 0 aliphatic heterocycles. The summed E-state index contributed by atoms with van der Waals surface area (Å²) in [4.78, 5) is 16.8. The lowest BCUT2D eigenvalue weighted by atomic mass is 10.1. The smallest absolute Gasteiger partial charge is 0.350 e. The Morgan fingerprint density at radius 3 is 2.34 bits per heavy atom. The summed E-state index contributed by atoms with van der Waals surface area (Å²) in [7, 11) is 0. The van der Waals surface area contributed by atoms with Crippen molar-refractivity contribution in [2.45, 2.75) is 39.2 Å². The average Bonchev–Trinajstić information content (AvgIpc) is 3.23. The highest BCUT2D eigenvalue weighted by molar-refractivity contribution is 5.94. The number of aromatic nitrogens is 4. The van der Waals surface area contributed by atoms with Gasteiger partial charge in [-0.05, 0) is 42.1 Å². The summed E-state index contributed by atoms with van der Waals surface area (Å²) < 4.78 is 82.0. The number of rotatable bonds is 10. The van der Waals surface area contributed by atoms with E-state index in [4.69, 9.17) is 14.6 Å². The zero-order valence-electron chi connectivity index (χ0n) is 19.7. The summed E-state index contributed by atoms with van der Waals surface area (Å²) in [5.41, 5.74) is -0.710. The van der Waals surface area contributed by atoms with Crippen LogP contribution in [0.5, 0.6) is 17.4 Å². The van der Waals surface area contributed by atoms with Gasteiger partial charge in [0.05, 0.1) is 17.7 Å². The van der Waals surface area contributed by atoms with Crippen LogP contribution in [0.25, 0.3) is 16.5 Å². The highest BCUT2D eigenvalue weighted by atomic mass is 19.3. The summed E-state index contributed by atoms with van der Waals surface area (Å²) in [6.45, 7) is -0.947. The summed E-state index contributed by atoms with van der Waals surface area (Å²) in [6, 6.07) is 5.52. The first-order valence-electron chi connectivity index (χ1n) is 11.2. The average molecular weight is 540 g/mol. The molecule has 9 nitrogen and oxygen atoms in total. The van der Waals surface area contributed by atoms with Crippen molar-refractivity contribution in [3.63, 3.8) is 0 Å². The fourth-order valence-electron chi connectivity index (χ4n) is 3.78. The van der Waals surface area contributed by atoms with Gasteiger partial charge in [0.25, 0.3) is 6.43 Å². The first-order valence-corrected chi connectivity index (χ1v) is 11.2. The van der Waals surface area contributed by atoms with E-state index in [9.17, 15) is 31.9 Å². The number of fused-ring (bicyclic) bond motifs is 1. The van der Waals surface area contributed by atoms with E-state index in [1.807, 2.05) is 0 Å². The Bertz CT molecular complexity index is 1500. The Morgan fingerprint density at radius 1 is 1.08 bits per heavy atom. The van der Waals surface area contributed by atoms with Gasteiger partial charge in [-0.25, -0.2) is 31.7 Å². The third-order valence-corrected chi connectivity index (χ3v) is 5.57. The molecule has 2 aromatic carbocycles. The van der Waals surface area contributed by atoms with E-state index >= 15 is 0 Å². The summed E-state index contributed by atoms with van der Waals surface area (Å²) >= 11 is 0. The molecule has 0 amide bonds. The molecule has 202 valence electrons. The van der Waals surface area contributed by atoms with E-state index in [0.717, 1.165) is 22.9 Å². The van der Waals surface area contributed by atoms with Crippen LogP contribution in [-0.4, -0.2) is 48.7 Å². The number of pyridine rings is 1. The van der Waals surface area contributed by atoms with E-state index in [1.54, 1.807) is 6.92 Å². The number of benzene rings is 2. The Labute approximate surface area is 211 Å². The van der Waals surface area contributed by atoms with Crippen molar-refractivity contribution in [2.24, 2.45) is 0 Å². The summed E-state index contributed by atoms with van der Waals surface area (Å²) in [5.74, 6) is -4.10. The van der Waals surface area contributed by atoms with Gasteiger partial charge in [0, 0.05) is 18.8 Å². The quantitative estimate of drug-likeness (QED) is 0.296. The normalized spacial score (nSPS) is 12.3. The Hall–Kier alpha value is -4.04. The fraction of sp³-hybridized carbons (Fsp3) is 0.292. The monoisotopic (exact) mass is 540 g/mol. The maximum absolute atomic E-state index is 14.5. The molecule has 1 atom stereocenters. The van der Waals surface area contributed by atoms with Crippen LogP contribution in [0, 0.1) is 11.6 Å². The minimum absolute atomic E-state index is 0.00749. The number of nitrogens with zero attached hydrogens (tertiary/aromatic N) is 4. The molecule has 0 aliphatic rings. The van der Waals surface area contributed by atoms with Crippen molar-refractivity contribution < 1.29 is 41.6 Å². The van der Waals surface area contributed by atoms with Gasteiger partial charge >= 0.3 is 5.69 Å². The minimum Gasteiger partial charge on any atom is -0.481 e. The van der Waals surface area contributed by atoms with E-state index in [2.05, 4.69) is 10.1 Å². The fourth-order valence-corrected chi connectivity index (χ4v) is 3.78. The molecule has 0 saturated carbocycles. The van der Waals surface area contributed by atoms with Gasteiger partial charge in [-0.3, -0.25) is 4.57 Å². The molecule has 0 aliphatic carbocycles. The Morgan fingerprint density at radius 2 is 1.79 bits per heavy atom. The molecule has 4 rings (SSSR count). The molecule has 2 heterocycles. The van der Waals surface area contributed by atoms with Crippen molar-refractivity contribution in [3.05, 3.63) is 70.0 Å². The number of ether oxygens (including phenoxy) is 2. The van der Waals surface area contributed by atoms with Crippen molar-refractivity contribution >= 4 is 10.8 Å². The molecule has 0 saturated heterocycles. The van der Waals surface area contributed by atoms with Gasteiger partial charge in [0.2, 0.25) is 11.6 Å². The lowest BCUT2D eigenvalue weighted by Gasteiger charge is -2.19. The van der Waals surface area contributed by atoms with Gasteiger partial charge in [0.1, 0.15) is 19.0 Å². The maximum Gasteiger partial charge on any atom is 0.350 e. The number of hydrogen-bond donors (Lipinski definition) is 2. The third-order valence-electron chi connectivity index (χ3n) is 5.57. The molecule has 0 spiro atoms. The van der Waals surface area contributed by atoms with Gasteiger partial charge in [-0.2, -0.15) is 4.68 Å². The second-order valence-corrected chi connectivity index (χ2v) is 7.96. The van der Waals surface area contributed by atoms with Crippen molar-refractivity contribution in [1.29, 1.82) is 0 Å². The van der Waals surface area contributed by atoms with Crippen LogP contribution in [0.2, 0.25) is 0 Å². The number of alkyl halides is 3. The molecular weight excluding hydrogens is 519 g/mol. The van der Waals surface area contributed by atoms with Crippen LogP contribution in [0.15, 0.2) is 41.3 Å². The predicted octanol–water partition coefficient (Wildman–Crippen LogP) is 3.64. The Balaban J connectivity index is 1.93. The maximum atomic E-state index is 14.5. The van der Waals surface area contributed by atoms with E-state index in [0.29, 0.717) is 0 Å². The highest BCUT2D eigenvalue weighted by Crippen LogP contribution is 2.39. The van der Waals surface area contributed by atoms with Gasteiger partial charge < -0.3 is 19.7 Å². The standard InChI is InChI=1S/C24H21F5N4O5/c1-2-32-19(11-35)31-33(24(32)36)14-7-13-3-4-30-23(20(13)17(8-14)37-18(9-25)22(28)29)38-21-15(26)5-12(10-34)6-16(21)27/h3-8,18,22,34-35H,2,9-11H2,1H3. The molecule has 2 aromatic heterocycles. The Kier molecular flexibility index (Phi) is 7.92. The summed E-state index contributed by atoms with van der Waals surface area (Å²) in [6.07, 6.45) is -4.28. The second-order valence-electron chi connectivity index (χ2n) is 7.96. The van der Waals surface area contributed by atoms with Crippen LogP contribution in [0.3, 0.4) is 0 Å². The molecule has 0 bridgehead atoms. The van der Waals surface area contributed by atoms with Crippen molar-refractivity contribution in [3.8, 4) is 23.1 Å². The van der Waals surface area contributed by atoms with Gasteiger partial charge in [-0.1, -0.05) is 0 Å². The molecule has 2 N–H and O–H groups in total. The van der Waals surface area contributed by atoms with Crippen LogP contribution in [-0.2, 0) is 19.8 Å². The number of aliphatic hydroxyl groups excluding tert-OH is 2. The predicted molar refractivity (Wildman–Crippen MR) is 123 cm³/mol. The van der Waals surface area contributed by atoms with E-state index < -0.39 is 67.1 Å². The van der Waals surface area contributed by atoms with Crippen LogP contribution < -0.4 is 15.2 Å². The minimum atomic E-state index is -3.25. The summed E-state index contributed by atoms with van der Waals surface area (Å²) in [5, 5.41) is 22.8. The van der Waals surface area contributed by atoms with Gasteiger partial charge in [-0.15, -0.1) is 5.10 Å². The zero-order valence-corrected chi connectivity index (χ0v) is 19.7. The molecule has 38 heavy (non-hydrogen) atoms. The van der Waals surface area contributed by atoms with Crippen molar-refractivity contribution in [1.82, 2.24) is 19.3 Å². The molecule has 4 aromatic rings. The second kappa shape index (κ2) is 11.1. The molecule has 0 radical (unpaired) electrons. The molecular formula is C24H21F5N4O5. The molecule has 0 fully saturated rings. The third kappa shape index (κ3) is 5.04. The first kappa shape index (κ1) is 27.0. The zero-order chi connectivity index (χ0) is 27.6. The van der Waals surface area contributed by atoms with E-state index in [1.165, 1.54) is 22.9 Å². The number of halogens is 5.